The maximum absolute atomic E-state index is 12.1. The number of fused-ring (bicyclic) bond motifs is 1. The summed E-state index contributed by atoms with van der Waals surface area (Å²) in [6, 6.07) is 7.15. The number of amides is 1. The minimum Gasteiger partial charge on any atom is -0.321 e. The number of anilines is 1. The first-order valence-electron chi connectivity index (χ1n) is 5.71. The molecule has 3 aromatic rings. The van der Waals surface area contributed by atoms with Crippen molar-refractivity contribution in [2.24, 2.45) is 0 Å². The largest absolute Gasteiger partial charge is 0.323 e. The predicted molar refractivity (Wildman–Crippen MR) is 75.9 cm³/mol. The smallest absolute Gasteiger partial charge is 0.321 e. The lowest BCUT2D eigenvalue weighted by Crippen LogP contribution is -2.11. The van der Waals surface area contributed by atoms with Crippen LogP contribution in [-0.2, 0) is 0 Å². The van der Waals surface area contributed by atoms with Crippen LogP contribution < -0.4 is 11.0 Å². The fourth-order valence-electron chi connectivity index (χ4n) is 1.90. The summed E-state index contributed by atoms with van der Waals surface area (Å²) < 4.78 is 0. The highest BCUT2D eigenvalue weighted by Crippen LogP contribution is 2.19. The zero-order valence-electron chi connectivity index (χ0n) is 10.1. The molecule has 5 nitrogen and oxygen atoms in total. The van der Waals surface area contributed by atoms with E-state index >= 15 is 0 Å². The molecular formula is C13H11N3O2S. The zero-order chi connectivity index (χ0) is 13.4. The average Bonchev–Trinajstić information content (AvgIpc) is 2.93. The number of nitrogens with one attached hydrogen (secondary N) is 3. The summed E-state index contributed by atoms with van der Waals surface area (Å²) in [5, 5.41) is 4.71. The standard InChI is InChI=1S/C13H11N3O2S/c1-7-4-5-19-11(7)12(17)14-8-2-3-9-10(6-8)16-13(18)15-9/h2-6H,1H3,(H,14,17)(H2,15,16,18). The molecule has 0 saturated heterocycles. The predicted octanol–water partition coefficient (Wildman–Crippen LogP) is 2.48. The van der Waals surface area contributed by atoms with Crippen LogP contribution in [0.15, 0.2) is 34.4 Å². The van der Waals surface area contributed by atoms with E-state index in [0.29, 0.717) is 16.1 Å². The maximum Gasteiger partial charge on any atom is 0.323 e. The number of aromatic amines is 2. The molecule has 0 aliphatic carbocycles. The van der Waals surface area contributed by atoms with Crippen molar-refractivity contribution >= 4 is 34.0 Å². The van der Waals surface area contributed by atoms with E-state index in [2.05, 4.69) is 15.3 Å². The lowest BCUT2D eigenvalue weighted by molar-refractivity contribution is 0.103. The zero-order valence-corrected chi connectivity index (χ0v) is 10.9. The van der Waals surface area contributed by atoms with E-state index in [1.165, 1.54) is 11.3 Å². The lowest BCUT2D eigenvalue weighted by Gasteiger charge is -2.04. The molecule has 1 amide bonds. The van der Waals surface area contributed by atoms with Crippen LogP contribution in [0.5, 0.6) is 0 Å². The first-order chi connectivity index (χ1) is 9.13. The van der Waals surface area contributed by atoms with E-state index in [9.17, 15) is 9.59 Å². The Morgan fingerprint density at radius 1 is 1.21 bits per heavy atom. The van der Waals surface area contributed by atoms with Gasteiger partial charge in [0.2, 0.25) is 0 Å². The Balaban J connectivity index is 1.91. The van der Waals surface area contributed by atoms with Crippen molar-refractivity contribution in [1.29, 1.82) is 0 Å². The highest BCUT2D eigenvalue weighted by Gasteiger charge is 2.11. The molecule has 3 N–H and O–H groups in total. The van der Waals surface area contributed by atoms with Crippen molar-refractivity contribution in [3.05, 3.63) is 50.6 Å². The summed E-state index contributed by atoms with van der Waals surface area (Å²) in [5.74, 6) is -0.135. The van der Waals surface area contributed by atoms with Crippen molar-refractivity contribution in [1.82, 2.24) is 9.97 Å². The third kappa shape index (κ3) is 2.17. The van der Waals surface area contributed by atoms with Crippen LogP contribution in [0.3, 0.4) is 0 Å². The van der Waals surface area contributed by atoms with E-state index < -0.39 is 0 Å². The minimum absolute atomic E-state index is 0.135. The van der Waals surface area contributed by atoms with E-state index in [1.54, 1.807) is 18.2 Å². The van der Waals surface area contributed by atoms with Crippen LogP contribution >= 0.6 is 11.3 Å². The average molecular weight is 273 g/mol. The lowest BCUT2D eigenvalue weighted by atomic mass is 10.2. The fraction of sp³-hybridized carbons (Fsp3) is 0.0769. The molecule has 0 spiro atoms. The number of carbonyl (C=O) groups is 1. The first-order valence-corrected chi connectivity index (χ1v) is 6.59. The third-order valence-corrected chi connectivity index (χ3v) is 3.86. The molecule has 0 unspecified atom stereocenters. The van der Waals surface area contributed by atoms with Crippen LogP contribution in [-0.4, -0.2) is 15.9 Å². The molecule has 0 fully saturated rings. The first kappa shape index (κ1) is 11.7. The van der Waals surface area contributed by atoms with Gasteiger partial charge in [-0.05, 0) is 42.1 Å². The summed E-state index contributed by atoms with van der Waals surface area (Å²) in [6.45, 7) is 1.90. The molecule has 0 aliphatic rings. The number of hydrogen-bond donors (Lipinski definition) is 3. The Bertz CT molecular complexity index is 813. The van der Waals surface area contributed by atoms with Gasteiger partial charge in [-0.25, -0.2) is 4.79 Å². The molecular weight excluding hydrogens is 262 g/mol. The maximum atomic E-state index is 12.1. The van der Waals surface area contributed by atoms with E-state index in [-0.39, 0.29) is 11.6 Å². The van der Waals surface area contributed by atoms with Gasteiger partial charge in [-0.15, -0.1) is 11.3 Å². The Hall–Kier alpha value is -2.34. The second-order valence-corrected chi connectivity index (χ2v) is 5.14. The van der Waals surface area contributed by atoms with Gasteiger partial charge in [0, 0.05) is 5.69 Å². The molecule has 2 heterocycles. The summed E-state index contributed by atoms with van der Waals surface area (Å²) in [4.78, 5) is 29.2. The van der Waals surface area contributed by atoms with E-state index in [4.69, 9.17) is 0 Å². The summed E-state index contributed by atoms with van der Waals surface area (Å²) in [6.07, 6.45) is 0. The molecule has 0 atom stereocenters. The Labute approximate surface area is 112 Å². The molecule has 2 aromatic heterocycles. The summed E-state index contributed by atoms with van der Waals surface area (Å²) >= 11 is 1.41. The number of carbonyl (C=O) groups excluding carboxylic acids is 1. The van der Waals surface area contributed by atoms with Gasteiger partial charge < -0.3 is 15.3 Å². The summed E-state index contributed by atoms with van der Waals surface area (Å²) in [5.41, 5.74) is 2.74. The van der Waals surface area contributed by atoms with Gasteiger partial charge in [0.25, 0.3) is 5.91 Å². The van der Waals surface area contributed by atoms with Crippen molar-refractivity contribution in [3.8, 4) is 0 Å². The van der Waals surface area contributed by atoms with Crippen molar-refractivity contribution in [3.63, 3.8) is 0 Å². The number of aromatic nitrogens is 2. The van der Waals surface area contributed by atoms with Crippen LogP contribution in [0.25, 0.3) is 11.0 Å². The molecule has 96 valence electrons. The van der Waals surface area contributed by atoms with Crippen LogP contribution in [0.4, 0.5) is 5.69 Å². The van der Waals surface area contributed by atoms with Gasteiger partial charge in [-0.2, -0.15) is 0 Å². The van der Waals surface area contributed by atoms with Gasteiger partial charge in [-0.3, -0.25) is 4.79 Å². The van der Waals surface area contributed by atoms with Crippen LogP contribution in [0, 0.1) is 6.92 Å². The molecule has 19 heavy (non-hydrogen) atoms. The van der Waals surface area contributed by atoms with Gasteiger partial charge in [0.1, 0.15) is 0 Å². The summed E-state index contributed by atoms with van der Waals surface area (Å²) in [7, 11) is 0. The molecule has 6 heteroatoms. The quantitative estimate of drug-likeness (QED) is 0.670. The number of imidazole rings is 1. The Morgan fingerprint density at radius 3 is 2.74 bits per heavy atom. The van der Waals surface area contributed by atoms with Gasteiger partial charge >= 0.3 is 5.69 Å². The molecule has 0 bridgehead atoms. The van der Waals surface area contributed by atoms with Gasteiger partial charge in [0.05, 0.1) is 15.9 Å². The van der Waals surface area contributed by atoms with Crippen molar-refractivity contribution in [2.75, 3.05) is 5.32 Å². The van der Waals surface area contributed by atoms with E-state index in [0.717, 1.165) is 11.1 Å². The molecule has 0 aliphatic heterocycles. The van der Waals surface area contributed by atoms with E-state index in [1.807, 2.05) is 18.4 Å². The van der Waals surface area contributed by atoms with Gasteiger partial charge in [-0.1, -0.05) is 0 Å². The Kier molecular flexibility index (Phi) is 2.72. The number of thiophene rings is 1. The number of hydrogen-bond acceptors (Lipinski definition) is 3. The SMILES string of the molecule is Cc1ccsc1C(=O)Nc1ccc2[nH]c(=O)[nH]c2c1. The molecule has 3 rings (SSSR count). The van der Waals surface area contributed by atoms with Crippen molar-refractivity contribution in [2.45, 2.75) is 6.92 Å². The fourth-order valence-corrected chi connectivity index (χ4v) is 2.72. The number of aryl methyl sites for hydroxylation is 1. The minimum atomic E-state index is -0.257. The highest BCUT2D eigenvalue weighted by molar-refractivity contribution is 7.12. The third-order valence-electron chi connectivity index (χ3n) is 2.84. The highest BCUT2D eigenvalue weighted by atomic mass is 32.1. The van der Waals surface area contributed by atoms with Crippen LogP contribution in [0.2, 0.25) is 0 Å². The normalized spacial score (nSPS) is 10.8. The second-order valence-electron chi connectivity index (χ2n) is 4.23. The molecule has 0 radical (unpaired) electrons. The Morgan fingerprint density at radius 2 is 2.00 bits per heavy atom. The number of H-pyrrole nitrogens is 2. The topological polar surface area (TPSA) is 77.8 Å². The molecule has 1 aromatic carbocycles. The molecule has 0 saturated carbocycles. The van der Waals surface area contributed by atoms with Gasteiger partial charge in [0.15, 0.2) is 0 Å². The van der Waals surface area contributed by atoms with Crippen molar-refractivity contribution < 1.29 is 4.79 Å². The monoisotopic (exact) mass is 273 g/mol. The number of rotatable bonds is 2. The van der Waals surface area contributed by atoms with Crippen LogP contribution in [0.1, 0.15) is 15.2 Å². The number of benzene rings is 1. The second kappa shape index (κ2) is 4.40.